The lowest BCUT2D eigenvalue weighted by molar-refractivity contribution is -0.906. The number of anilines is 1. The highest BCUT2D eigenvalue weighted by molar-refractivity contribution is 6.54. The maximum absolute atomic E-state index is 13.2. The van der Waals surface area contributed by atoms with E-state index in [0.29, 0.717) is 18.3 Å². The van der Waals surface area contributed by atoms with Crippen LogP contribution in [0.3, 0.4) is 0 Å². The summed E-state index contributed by atoms with van der Waals surface area (Å²) >= 11 is 0. The molecular weight excluding hydrogens is 391 g/mol. The van der Waals surface area contributed by atoms with Gasteiger partial charge >= 0.3 is 6.18 Å². The second-order valence-electron chi connectivity index (χ2n) is 8.10. The topological polar surface area (TPSA) is 37.1 Å². The third-order valence-electron chi connectivity index (χ3n) is 6.02. The van der Waals surface area contributed by atoms with E-state index in [1.807, 2.05) is 18.2 Å². The number of nitrogens with zero attached hydrogens (tertiary/aromatic N) is 2. The molecule has 1 aliphatic carbocycles. The number of para-hydroxylation sites is 1. The van der Waals surface area contributed by atoms with Crippen LogP contribution < -0.4 is 9.80 Å². The SMILES string of the molecule is C[NH+](CN1C(=O)C(=Nc2cccc(C(F)(F)F)c2)c2ccccc21)C1CCCCC1. The fourth-order valence-electron chi connectivity index (χ4n) is 4.38. The number of hydrogen-bond donors (Lipinski definition) is 1. The first-order valence-electron chi connectivity index (χ1n) is 10.3. The standard InChI is InChI=1S/C23H24F3N3O/c1-28(18-10-3-2-4-11-18)15-29-20-13-6-5-12-19(20)21(22(29)30)27-17-9-7-8-16(14-17)23(24,25)26/h5-9,12-14,18H,2-4,10-11,15H2,1H3/p+1. The molecule has 2 aromatic carbocycles. The van der Waals surface area contributed by atoms with Gasteiger partial charge in [0.1, 0.15) is 5.71 Å². The molecule has 1 fully saturated rings. The van der Waals surface area contributed by atoms with Crippen LogP contribution >= 0.6 is 0 Å². The van der Waals surface area contributed by atoms with E-state index in [0.717, 1.165) is 30.7 Å². The zero-order chi connectivity index (χ0) is 21.3. The summed E-state index contributed by atoms with van der Waals surface area (Å²) < 4.78 is 39.2. The third kappa shape index (κ3) is 4.12. The van der Waals surface area contributed by atoms with E-state index >= 15 is 0 Å². The van der Waals surface area contributed by atoms with Crippen LogP contribution in [0.5, 0.6) is 0 Å². The van der Waals surface area contributed by atoms with E-state index < -0.39 is 11.7 Å². The Hall–Kier alpha value is -2.67. The smallest absolute Gasteiger partial charge is 0.317 e. The van der Waals surface area contributed by atoms with Crippen molar-refractivity contribution in [2.45, 2.75) is 44.3 Å². The molecule has 0 aromatic heterocycles. The van der Waals surface area contributed by atoms with Gasteiger partial charge < -0.3 is 4.90 Å². The first-order valence-corrected chi connectivity index (χ1v) is 10.3. The zero-order valence-corrected chi connectivity index (χ0v) is 16.9. The Labute approximate surface area is 174 Å². The number of alkyl halides is 3. The minimum atomic E-state index is -4.45. The second kappa shape index (κ2) is 8.22. The molecule has 0 bridgehead atoms. The maximum atomic E-state index is 13.2. The number of fused-ring (bicyclic) bond motifs is 1. The number of amides is 1. The molecule has 1 aliphatic heterocycles. The number of carbonyl (C=O) groups is 1. The normalized spacial score (nSPS) is 19.9. The van der Waals surface area contributed by atoms with Crippen LogP contribution in [0.4, 0.5) is 24.5 Å². The largest absolute Gasteiger partial charge is 0.416 e. The number of nitrogens with one attached hydrogen (secondary N) is 1. The van der Waals surface area contributed by atoms with Crippen LogP contribution in [-0.2, 0) is 11.0 Å². The summed E-state index contributed by atoms with van der Waals surface area (Å²) in [5.41, 5.74) is 0.973. The molecule has 0 saturated heterocycles. The van der Waals surface area contributed by atoms with Crippen LogP contribution in [0.1, 0.15) is 43.2 Å². The summed E-state index contributed by atoms with van der Waals surface area (Å²) in [6.45, 7) is 0.516. The molecule has 0 spiro atoms. The monoisotopic (exact) mass is 416 g/mol. The van der Waals surface area contributed by atoms with Crippen molar-refractivity contribution in [1.29, 1.82) is 0 Å². The second-order valence-corrected chi connectivity index (χ2v) is 8.10. The highest BCUT2D eigenvalue weighted by Gasteiger charge is 2.37. The van der Waals surface area contributed by atoms with Crippen molar-refractivity contribution in [2.75, 3.05) is 18.6 Å². The predicted molar refractivity (Wildman–Crippen MR) is 110 cm³/mol. The van der Waals surface area contributed by atoms with Crippen LogP contribution in [-0.4, -0.2) is 31.4 Å². The Morgan fingerprint density at radius 2 is 1.80 bits per heavy atom. The molecule has 2 aliphatic rings. The van der Waals surface area contributed by atoms with Crippen molar-refractivity contribution >= 4 is 23.0 Å². The van der Waals surface area contributed by atoms with Gasteiger partial charge in [0.15, 0.2) is 6.67 Å². The molecule has 158 valence electrons. The van der Waals surface area contributed by atoms with Gasteiger partial charge in [-0.3, -0.25) is 9.69 Å². The van der Waals surface area contributed by atoms with E-state index in [1.54, 1.807) is 11.0 Å². The molecule has 1 saturated carbocycles. The number of quaternary nitrogens is 1. The summed E-state index contributed by atoms with van der Waals surface area (Å²) in [6, 6.07) is 12.6. The first-order chi connectivity index (χ1) is 14.3. The lowest BCUT2D eigenvalue weighted by atomic mass is 9.95. The lowest BCUT2D eigenvalue weighted by Crippen LogP contribution is -3.14. The van der Waals surface area contributed by atoms with Crippen molar-refractivity contribution in [3.63, 3.8) is 0 Å². The average Bonchev–Trinajstić information content (AvgIpc) is 3.00. The highest BCUT2D eigenvalue weighted by atomic mass is 19.4. The molecule has 7 heteroatoms. The first kappa shape index (κ1) is 20.6. The highest BCUT2D eigenvalue weighted by Crippen LogP contribution is 2.33. The number of halogens is 3. The maximum Gasteiger partial charge on any atom is 0.416 e. The van der Waals surface area contributed by atoms with Crippen molar-refractivity contribution in [2.24, 2.45) is 4.99 Å². The fraction of sp³-hybridized carbons (Fsp3) is 0.391. The zero-order valence-electron chi connectivity index (χ0n) is 16.9. The Balaban J connectivity index is 1.64. The van der Waals surface area contributed by atoms with Crippen molar-refractivity contribution < 1.29 is 22.9 Å². The van der Waals surface area contributed by atoms with E-state index in [1.165, 1.54) is 36.3 Å². The van der Waals surface area contributed by atoms with Gasteiger partial charge in [0.2, 0.25) is 0 Å². The van der Waals surface area contributed by atoms with Crippen LogP contribution in [0, 0.1) is 0 Å². The summed E-state index contributed by atoms with van der Waals surface area (Å²) in [5.74, 6) is -0.260. The molecule has 0 radical (unpaired) electrons. The van der Waals surface area contributed by atoms with E-state index in [9.17, 15) is 18.0 Å². The minimum Gasteiger partial charge on any atom is -0.317 e. The molecule has 1 unspecified atom stereocenters. The molecule has 4 rings (SSSR count). The Morgan fingerprint density at radius 1 is 1.07 bits per heavy atom. The number of benzene rings is 2. The number of rotatable bonds is 4. The van der Waals surface area contributed by atoms with Crippen molar-refractivity contribution in [3.05, 3.63) is 59.7 Å². The van der Waals surface area contributed by atoms with Gasteiger partial charge in [0.25, 0.3) is 5.91 Å². The molecule has 1 N–H and O–H groups in total. The molecule has 4 nitrogen and oxygen atoms in total. The third-order valence-corrected chi connectivity index (χ3v) is 6.02. The van der Waals surface area contributed by atoms with Gasteiger partial charge in [-0.05, 0) is 49.9 Å². The average molecular weight is 416 g/mol. The van der Waals surface area contributed by atoms with Crippen molar-refractivity contribution in [1.82, 2.24) is 0 Å². The van der Waals surface area contributed by atoms with Crippen LogP contribution in [0.2, 0.25) is 0 Å². The Morgan fingerprint density at radius 3 is 2.53 bits per heavy atom. The van der Waals surface area contributed by atoms with Crippen molar-refractivity contribution in [3.8, 4) is 0 Å². The molecule has 1 heterocycles. The minimum absolute atomic E-state index is 0.123. The number of hydrogen-bond acceptors (Lipinski definition) is 2. The Kier molecular flexibility index (Phi) is 5.64. The van der Waals surface area contributed by atoms with E-state index in [2.05, 4.69) is 12.0 Å². The van der Waals surface area contributed by atoms with E-state index in [4.69, 9.17) is 0 Å². The van der Waals surface area contributed by atoms with Gasteiger partial charge in [0.05, 0.1) is 30.0 Å². The van der Waals surface area contributed by atoms with Gasteiger partial charge in [0, 0.05) is 5.56 Å². The van der Waals surface area contributed by atoms with Crippen LogP contribution in [0.15, 0.2) is 53.5 Å². The summed E-state index contributed by atoms with van der Waals surface area (Å²) in [5, 5.41) is 0. The fourth-order valence-corrected chi connectivity index (χ4v) is 4.38. The summed E-state index contributed by atoms with van der Waals surface area (Å²) in [4.78, 5) is 20.6. The molecule has 2 aromatic rings. The molecule has 1 atom stereocenters. The molecule has 30 heavy (non-hydrogen) atoms. The summed E-state index contributed by atoms with van der Waals surface area (Å²) in [7, 11) is 2.10. The predicted octanol–water partition coefficient (Wildman–Crippen LogP) is 3.98. The van der Waals surface area contributed by atoms with Crippen LogP contribution in [0.25, 0.3) is 0 Å². The van der Waals surface area contributed by atoms with E-state index in [-0.39, 0.29) is 17.3 Å². The van der Waals surface area contributed by atoms with Gasteiger partial charge in [-0.25, -0.2) is 4.99 Å². The quantitative estimate of drug-likeness (QED) is 0.805. The Bertz CT molecular complexity index is 964. The molecular formula is C23H25F3N3O+. The number of aliphatic imine (C=N–C) groups is 1. The summed E-state index contributed by atoms with van der Waals surface area (Å²) in [6.07, 6.45) is 1.56. The van der Waals surface area contributed by atoms with Gasteiger partial charge in [-0.2, -0.15) is 13.2 Å². The number of carbonyl (C=O) groups excluding carboxylic acids is 1. The molecule has 1 amide bonds. The lowest BCUT2D eigenvalue weighted by Gasteiger charge is -2.31. The van der Waals surface area contributed by atoms with Gasteiger partial charge in [-0.1, -0.05) is 30.7 Å². The van der Waals surface area contributed by atoms with Gasteiger partial charge in [-0.15, -0.1) is 0 Å².